The summed E-state index contributed by atoms with van der Waals surface area (Å²) in [6, 6.07) is 6.92. The van der Waals surface area contributed by atoms with Crippen molar-refractivity contribution in [1.82, 2.24) is 19.7 Å². The van der Waals surface area contributed by atoms with Gasteiger partial charge in [0.2, 0.25) is 0 Å². The number of aryl methyl sites for hydroxylation is 1. The van der Waals surface area contributed by atoms with E-state index in [1.807, 2.05) is 19.9 Å². The molecule has 2 aromatic rings. The average molecular weight is 625 g/mol. The number of carbonyl (C=O) groups excluding carboxylic acids is 1. The van der Waals surface area contributed by atoms with E-state index >= 15 is 0 Å². The van der Waals surface area contributed by atoms with Crippen LogP contribution >= 0.6 is 0 Å². The number of fused-ring (bicyclic) bond motifs is 4. The predicted molar refractivity (Wildman–Crippen MR) is 186 cm³/mol. The van der Waals surface area contributed by atoms with Crippen molar-refractivity contribution in [3.63, 3.8) is 0 Å². The molecule has 0 spiro atoms. The normalized spacial score (nSPS) is 20.5. The van der Waals surface area contributed by atoms with Gasteiger partial charge in [-0.15, -0.1) is 0 Å². The van der Waals surface area contributed by atoms with E-state index in [9.17, 15) is 4.79 Å². The molecule has 0 radical (unpaired) electrons. The summed E-state index contributed by atoms with van der Waals surface area (Å²) < 4.78 is 12.7. The fourth-order valence-corrected chi connectivity index (χ4v) is 8.37. The molecule has 5 heterocycles. The molecule has 1 unspecified atom stereocenters. The number of pyridine rings is 1. The van der Waals surface area contributed by atoms with Crippen molar-refractivity contribution < 1.29 is 14.3 Å². The summed E-state index contributed by atoms with van der Waals surface area (Å²) in [4.78, 5) is 25.7. The fraction of sp³-hybridized carbons (Fsp3) is 0.538. The quantitative estimate of drug-likeness (QED) is 0.237. The van der Waals surface area contributed by atoms with E-state index in [0.717, 1.165) is 76.7 Å². The van der Waals surface area contributed by atoms with Crippen LogP contribution in [0.4, 0.5) is 0 Å². The Morgan fingerprint density at radius 2 is 1.78 bits per heavy atom. The van der Waals surface area contributed by atoms with Crippen LogP contribution in [0, 0.1) is 0 Å². The standard InChI is InChI=1S/C39H52N4O3/c1-8-31-26(5)43-25-34-32(9-2)33-23-30(46-28(7)41-21-17-29(18-22-41)42-19-13-12-14-20-42)15-16-36(33)40-38(34)37(43)24-35(31)39(10-3,27(6)44)45-11-4/h15-16,23-24,29H,5,7-14,17-22,25H2,1-4,6H3. The molecule has 0 aliphatic carbocycles. The molecule has 0 N–H and O–H groups in total. The molecule has 7 nitrogen and oxygen atoms in total. The molecule has 0 saturated carbocycles. The van der Waals surface area contributed by atoms with Gasteiger partial charge < -0.3 is 24.2 Å². The minimum absolute atomic E-state index is 0.0235. The first-order chi connectivity index (χ1) is 22.3. The average Bonchev–Trinajstić information content (AvgIpc) is 3.44. The number of carbonyl (C=O) groups is 1. The summed E-state index contributed by atoms with van der Waals surface area (Å²) >= 11 is 0. The SMILES string of the molecule is C=C(Oc1ccc2nc3c(c(CC)c2c1)CN1C(=C)C(CC)=C(C(CC)(OCC)C(C)=O)C=C31)N1CCC(N2CCCCC2)CC1. The number of piperidine rings is 2. The molecule has 4 aliphatic rings. The lowest BCUT2D eigenvalue weighted by Crippen LogP contribution is -2.46. The van der Waals surface area contributed by atoms with E-state index in [0.29, 0.717) is 25.6 Å². The van der Waals surface area contributed by atoms with Crippen molar-refractivity contribution in [1.29, 1.82) is 0 Å². The van der Waals surface area contributed by atoms with E-state index in [1.54, 1.807) is 6.92 Å². The van der Waals surface area contributed by atoms with E-state index in [4.69, 9.17) is 14.5 Å². The summed E-state index contributed by atoms with van der Waals surface area (Å²) in [6.45, 7) is 24.5. The van der Waals surface area contributed by atoms with Crippen molar-refractivity contribution >= 4 is 22.4 Å². The molecule has 6 rings (SSSR count). The highest BCUT2D eigenvalue weighted by Crippen LogP contribution is 2.48. The van der Waals surface area contributed by atoms with Gasteiger partial charge in [-0.2, -0.15) is 0 Å². The fourth-order valence-electron chi connectivity index (χ4n) is 8.37. The van der Waals surface area contributed by atoms with Crippen LogP contribution in [0.15, 0.2) is 60.2 Å². The van der Waals surface area contributed by atoms with E-state index in [2.05, 4.69) is 59.9 Å². The van der Waals surface area contributed by atoms with Crippen LogP contribution in [0.25, 0.3) is 16.6 Å². The Hall–Kier alpha value is -3.42. The Morgan fingerprint density at radius 1 is 1.04 bits per heavy atom. The van der Waals surface area contributed by atoms with Crippen LogP contribution in [-0.4, -0.2) is 69.9 Å². The predicted octanol–water partition coefficient (Wildman–Crippen LogP) is 7.76. The second-order valence-electron chi connectivity index (χ2n) is 13.2. The number of ketones is 1. The lowest BCUT2D eigenvalue weighted by atomic mass is 9.80. The van der Waals surface area contributed by atoms with Crippen molar-refractivity contribution in [2.75, 3.05) is 32.8 Å². The number of hydrogen-bond donors (Lipinski definition) is 0. The van der Waals surface area contributed by atoms with Crippen LogP contribution in [0.2, 0.25) is 0 Å². The number of rotatable bonds is 11. The number of benzene rings is 1. The first kappa shape index (κ1) is 32.5. The summed E-state index contributed by atoms with van der Waals surface area (Å²) in [5, 5.41) is 1.12. The van der Waals surface area contributed by atoms with Gasteiger partial charge in [-0.1, -0.05) is 33.8 Å². The molecule has 246 valence electrons. The lowest BCUT2D eigenvalue weighted by Gasteiger charge is -2.41. The molecule has 46 heavy (non-hydrogen) atoms. The maximum Gasteiger partial charge on any atom is 0.188 e. The largest absolute Gasteiger partial charge is 0.442 e. The molecule has 1 atom stereocenters. The molecule has 4 aliphatic heterocycles. The third-order valence-corrected chi connectivity index (χ3v) is 10.9. The van der Waals surface area contributed by atoms with Gasteiger partial charge in [-0.05, 0) is 119 Å². The van der Waals surface area contributed by atoms with Gasteiger partial charge in [0.25, 0.3) is 0 Å². The maximum atomic E-state index is 13.2. The van der Waals surface area contributed by atoms with Crippen molar-refractivity contribution in [2.45, 2.75) is 104 Å². The molecule has 1 aromatic carbocycles. The highest BCUT2D eigenvalue weighted by Gasteiger charge is 2.44. The van der Waals surface area contributed by atoms with E-state index < -0.39 is 5.60 Å². The van der Waals surface area contributed by atoms with Crippen LogP contribution in [0.5, 0.6) is 5.75 Å². The van der Waals surface area contributed by atoms with E-state index in [1.165, 1.54) is 56.3 Å². The second kappa shape index (κ2) is 13.4. The van der Waals surface area contributed by atoms with Gasteiger partial charge in [0.05, 0.1) is 23.5 Å². The van der Waals surface area contributed by atoms with Crippen LogP contribution in [0.3, 0.4) is 0 Å². The molecular weight excluding hydrogens is 572 g/mol. The summed E-state index contributed by atoms with van der Waals surface area (Å²) in [5.74, 6) is 1.55. The Balaban J connectivity index is 1.28. The Kier molecular flexibility index (Phi) is 9.45. The van der Waals surface area contributed by atoms with E-state index in [-0.39, 0.29) is 5.78 Å². The zero-order valence-electron chi connectivity index (χ0n) is 28.7. The maximum absolute atomic E-state index is 13.2. The van der Waals surface area contributed by atoms with Gasteiger partial charge in [0.15, 0.2) is 17.3 Å². The van der Waals surface area contributed by atoms with Crippen LogP contribution < -0.4 is 4.74 Å². The third-order valence-electron chi connectivity index (χ3n) is 10.9. The number of allylic oxidation sites excluding steroid dienone is 1. The van der Waals surface area contributed by atoms with Gasteiger partial charge in [0.1, 0.15) is 5.75 Å². The monoisotopic (exact) mass is 624 g/mol. The highest BCUT2D eigenvalue weighted by atomic mass is 16.5. The Morgan fingerprint density at radius 3 is 2.41 bits per heavy atom. The number of likely N-dealkylation sites (tertiary alicyclic amines) is 2. The number of hydrogen-bond acceptors (Lipinski definition) is 7. The second-order valence-corrected chi connectivity index (χ2v) is 13.2. The molecular formula is C39H52N4O3. The van der Waals surface area contributed by atoms with Gasteiger partial charge >= 0.3 is 0 Å². The van der Waals surface area contributed by atoms with Crippen molar-refractivity contribution in [3.05, 3.63) is 77.0 Å². The number of nitrogens with zero attached hydrogens (tertiary/aromatic N) is 4. The molecule has 2 fully saturated rings. The molecule has 0 bridgehead atoms. The number of aromatic nitrogens is 1. The zero-order chi connectivity index (χ0) is 32.6. The highest BCUT2D eigenvalue weighted by molar-refractivity contribution is 5.93. The minimum atomic E-state index is -0.993. The number of ether oxygens (including phenoxy) is 2. The minimum Gasteiger partial charge on any atom is -0.442 e. The zero-order valence-corrected chi connectivity index (χ0v) is 28.7. The summed E-state index contributed by atoms with van der Waals surface area (Å²) in [7, 11) is 0. The van der Waals surface area contributed by atoms with Gasteiger partial charge in [-0.25, -0.2) is 4.98 Å². The van der Waals surface area contributed by atoms with Crippen molar-refractivity contribution in [3.8, 4) is 5.75 Å². The van der Waals surface area contributed by atoms with Crippen molar-refractivity contribution in [2.24, 2.45) is 0 Å². The number of Topliss-reactive ketones (excluding diaryl/α,β-unsaturated/α-hetero) is 1. The van der Waals surface area contributed by atoms with Gasteiger partial charge in [0, 0.05) is 42.4 Å². The smallest absolute Gasteiger partial charge is 0.188 e. The van der Waals surface area contributed by atoms with Gasteiger partial charge in [-0.3, -0.25) is 4.79 Å². The topological polar surface area (TPSA) is 58.1 Å². The summed E-state index contributed by atoms with van der Waals surface area (Å²) in [6.07, 6.45) is 10.8. The molecule has 1 aromatic heterocycles. The third kappa shape index (κ3) is 5.60. The lowest BCUT2D eigenvalue weighted by molar-refractivity contribution is -0.137. The van der Waals surface area contributed by atoms with Crippen LogP contribution in [-0.2, 0) is 22.5 Å². The first-order valence-electron chi connectivity index (χ1n) is 17.6. The molecule has 2 saturated heterocycles. The first-order valence-corrected chi connectivity index (χ1v) is 17.6. The summed E-state index contributed by atoms with van der Waals surface area (Å²) in [5.41, 5.74) is 7.36. The molecule has 0 amide bonds. The molecule has 7 heteroatoms. The van der Waals surface area contributed by atoms with Crippen LogP contribution in [0.1, 0.15) is 96.4 Å². The Labute approximate surface area is 275 Å². The Bertz CT molecular complexity index is 1590.